The zero-order chi connectivity index (χ0) is 22.8. The lowest BCUT2D eigenvalue weighted by Crippen LogP contribution is -2.42. The van der Waals surface area contributed by atoms with Crippen molar-refractivity contribution in [3.05, 3.63) is 70.6 Å². The second-order valence-electron chi connectivity index (χ2n) is 7.80. The van der Waals surface area contributed by atoms with Gasteiger partial charge in [-0.2, -0.15) is 0 Å². The Morgan fingerprint density at radius 2 is 1.88 bits per heavy atom. The summed E-state index contributed by atoms with van der Waals surface area (Å²) in [6, 6.07) is 11.1. The molecule has 4 rings (SSSR count). The number of nitrogens with one attached hydrogen (secondary N) is 1. The maximum absolute atomic E-state index is 14.0. The van der Waals surface area contributed by atoms with Gasteiger partial charge in [-0.15, -0.1) is 0 Å². The van der Waals surface area contributed by atoms with E-state index in [9.17, 15) is 18.8 Å². The Balaban J connectivity index is 1.45. The molecule has 1 fully saturated rings. The van der Waals surface area contributed by atoms with Gasteiger partial charge in [-0.3, -0.25) is 14.2 Å². The number of rotatable bonds is 7. The van der Waals surface area contributed by atoms with E-state index in [0.717, 1.165) is 18.2 Å². The first-order valence-electron chi connectivity index (χ1n) is 10.2. The highest BCUT2D eigenvalue weighted by molar-refractivity contribution is 6.30. The maximum Gasteiger partial charge on any atom is 0.323 e. The molecular weight excluding hydrogens is 435 g/mol. The molecule has 0 spiro atoms. The SMILES string of the molecule is NC(=O)n1cc(CC(=O)N(CC(=O)NCc2cccc(Cl)c2F)C2CC2)c2ccccc21. The van der Waals surface area contributed by atoms with E-state index in [-0.39, 0.29) is 48.0 Å². The molecule has 0 unspecified atom stereocenters. The highest BCUT2D eigenvalue weighted by Crippen LogP contribution is 2.28. The Kier molecular flexibility index (Phi) is 6.14. The van der Waals surface area contributed by atoms with Crippen molar-refractivity contribution in [2.75, 3.05) is 6.54 Å². The van der Waals surface area contributed by atoms with Gasteiger partial charge in [0.25, 0.3) is 0 Å². The molecule has 0 radical (unpaired) electrons. The lowest BCUT2D eigenvalue weighted by atomic mass is 10.1. The fourth-order valence-corrected chi connectivity index (χ4v) is 3.93. The molecular formula is C23H22ClFN4O3. The Morgan fingerprint density at radius 1 is 1.12 bits per heavy atom. The van der Waals surface area contributed by atoms with Crippen LogP contribution in [0.3, 0.4) is 0 Å². The van der Waals surface area contributed by atoms with Crippen LogP contribution in [0.25, 0.3) is 10.9 Å². The first kappa shape index (κ1) is 21.8. The number of aromatic nitrogens is 1. The Labute approximate surface area is 188 Å². The minimum Gasteiger partial charge on any atom is -0.351 e. The molecule has 9 heteroatoms. The van der Waals surface area contributed by atoms with Crippen molar-refractivity contribution in [1.82, 2.24) is 14.8 Å². The lowest BCUT2D eigenvalue weighted by Gasteiger charge is -2.22. The topological polar surface area (TPSA) is 97.4 Å². The van der Waals surface area contributed by atoms with Crippen molar-refractivity contribution in [3.8, 4) is 0 Å². The number of nitrogens with two attached hydrogens (primary N) is 1. The van der Waals surface area contributed by atoms with Crippen LogP contribution in [0, 0.1) is 5.82 Å². The molecule has 0 atom stereocenters. The fourth-order valence-electron chi connectivity index (χ4n) is 3.73. The molecule has 7 nitrogen and oxygen atoms in total. The molecule has 0 saturated heterocycles. The number of amides is 3. The van der Waals surface area contributed by atoms with E-state index in [4.69, 9.17) is 17.3 Å². The van der Waals surface area contributed by atoms with E-state index in [0.29, 0.717) is 11.1 Å². The van der Waals surface area contributed by atoms with Crippen molar-refractivity contribution >= 4 is 40.3 Å². The van der Waals surface area contributed by atoms with Crippen LogP contribution in [0.2, 0.25) is 5.02 Å². The molecule has 1 aromatic heterocycles. The molecule has 32 heavy (non-hydrogen) atoms. The van der Waals surface area contributed by atoms with Gasteiger partial charge in [0.15, 0.2) is 0 Å². The summed E-state index contributed by atoms with van der Waals surface area (Å²) in [7, 11) is 0. The molecule has 0 aliphatic heterocycles. The van der Waals surface area contributed by atoms with Crippen LogP contribution in [-0.2, 0) is 22.6 Å². The van der Waals surface area contributed by atoms with Gasteiger partial charge in [-0.25, -0.2) is 9.18 Å². The quantitative estimate of drug-likeness (QED) is 0.571. The van der Waals surface area contributed by atoms with Crippen molar-refractivity contribution in [3.63, 3.8) is 0 Å². The van der Waals surface area contributed by atoms with Gasteiger partial charge in [0.1, 0.15) is 5.82 Å². The van der Waals surface area contributed by atoms with Crippen LogP contribution in [0.15, 0.2) is 48.7 Å². The van der Waals surface area contributed by atoms with E-state index in [2.05, 4.69) is 5.32 Å². The molecule has 3 amide bonds. The van der Waals surface area contributed by atoms with Crippen LogP contribution >= 0.6 is 11.6 Å². The molecule has 1 heterocycles. The number of nitrogens with zero attached hydrogens (tertiary/aromatic N) is 2. The third-order valence-electron chi connectivity index (χ3n) is 5.50. The van der Waals surface area contributed by atoms with Gasteiger partial charge in [0.05, 0.1) is 23.5 Å². The zero-order valence-electron chi connectivity index (χ0n) is 17.2. The van der Waals surface area contributed by atoms with Gasteiger partial charge in [-0.1, -0.05) is 41.9 Å². The van der Waals surface area contributed by atoms with E-state index >= 15 is 0 Å². The Morgan fingerprint density at radius 3 is 2.59 bits per heavy atom. The first-order valence-corrected chi connectivity index (χ1v) is 10.6. The summed E-state index contributed by atoms with van der Waals surface area (Å²) in [6.07, 6.45) is 3.25. The van der Waals surface area contributed by atoms with Crippen molar-refractivity contribution < 1.29 is 18.8 Å². The molecule has 1 aliphatic rings. The number of hydrogen-bond donors (Lipinski definition) is 2. The Bertz CT molecular complexity index is 1210. The first-order chi connectivity index (χ1) is 15.3. The van der Waals surface area contributed by atoms with E-state index in [1.165, 1.54) is 10.6 Å². The average molecular weight is 457 g/mol. The summed E-state index contributed by atoms with van der Waals surface area (Å²) in [5.41, 5.74) is 7.01. The summed E-state index contributed by atoms with van der Waals surface area (Å²) >= 11 is 5.77. The third kappa shape index (κ3) is 4.60. The smallest absolute Gasteiger partial charge is 0.323 e. The molecule has 3 N–H and O–H groups in total. The number of halogens is 2. The zero-order valence-corrected chi connectivity index (χ0v) is 17.9. The summed E-state index contributed by atoms with van der Waals surface area (Å²) in [5, 5.41) is 3.40. The monoisotopic (exact) mass is 456 g/mol. The van der Waals surface area contributed by atoms with Crippen LogP contribution < -0.4 is 11.1 Å². The number of carbonyl (C=O) groups is 3. The lowest BCUT2D eigenvalue weighted by molar-refractivity contribution is -0.136. The number of benzene rings is 2. The van der Waals surface area contributed by atoms with Gasteiger partial charge >= 0.3 is 6.03 Å². The standard InChI is InChI=1S/C23H22ClFN4O3/c24-18-6-3-4-14(22(18)25)11-27-20(30)13-28(16-8-9-16)21(31)10-15-12-29(23(26)32)19-7-2-1-5-17(15)19/h1-7,12,16H,8-11,13H2,(H2,26,32)(H,27,30). The molecule has 2 aromatic carbocycles. The van der Waals surface area contributed by atoms with Crippen LogP contribution in [0.5, 0.6) is 0 Å². The van der Waals surface area contributed by atoms with Gasteiger partial charge < -0.3 is 16.0 Å². The average Bonchev–Trinajstić information content (AvgIpc) is 3.54. The van der Waals surface area contributed by atoms with Crippen LogP contribution in [0.1, 0.15) is 24.0 Å². The molecule has 3 aromatic rings. The van der Waals surface area contributed by atoms with E-state index < -0.39 is 11.8 Å². The summed E-state index contributed by atoms with van der Waals surface area (Å²) in [6.45, 7) is -0.149. The number of carbonyl (C=O) groups excluding carboxylic acids is 3. The predicted octanol–water partition coefficient (Wildman–Crippen LogP) is 3.21. The summed E-state index contributed by atoms with van der Waals surface area (Å²) in [4.78, 5) is 38.8. The third-order valence-corrected chi connectivity index (χ3v) is 5.80. The van der Waals surface area contributed by atoms with E-state index in [1.807, 2.05) is 12.1 Å². The fraction of sp³-hybridized carbons (Fsp3) is 0.261. The second-order valence-corrected chi connectivity index (χ2v) is 8.21. The highest BCUT2D eigenvalue weighted by Gasteiger charge is 2.34. The second kappa shape index (κ2) is 9.00. The Hall–Kier alpha value is -3.39. The van der Waals surface area contributed by atoms with Crippen molar-refractivity contribution in [2.45, 2.75) is 31.8 Å². The molecule has 1 aliphatic carbocycles. The van der Waals surface area contributed by atoms with Crippen molar-refractivity contribution in [2.24, 2.45) is 5.73 Å². The van der Waals surface area contributed by atoms with Gasteiger partial charge in [0.2, 0.25) is 11.8 Å². The number of primary amides is 1. The number of para-hydroxylation sites is 1. The summed E-state index contributed by atoms with van der Waals surface area (Å²) < 4.78 is 15.3. The largest absolute Gasteiger partial charge is 0.351 e. The normalized spacial score (nSPS) is 13.2. The minimum absolute atomic E-state index is 0.000598. The predicted molar refractivity (Wildman–Crippen MR) is 119 cm³/mol. The molecule has 0 bridgehead atoms. The van der Waals surface area contributed by atoms with E-state index in [1.54, 1.807) is 35.4 Å². The van der Waals surface area contributed by atoms with Gasteiger partial charge in [0, 0.05) is 29.7 Å². The number of fused-ring (bicyclic) bond motifs is 1. The van der Waals surface area contributed by atoms with Crippen LogP contribution in [0.4, 0.5) is 9.18 Å². The molecule has 1 saturated carbocycles. The van der Waals surface area contributed by atoms with Gasteiger partial charge in [-0.05, 0) is 30.5 Å². The minimum atomic E-state index is -0.633. The van der Waals surface area contributed by atoms with Crippen molar-refractivity contribution in [1.29, 1.82) is 0 Å². The maximum atomic E-state index is 14.0. The summed E-state index contributed by atoms with van der Waals surface area (Å²) in [5.74, 6) is -1.18. The molecule has 166 valence electrons. The number of hydrogen-bond acceptors (Lipinski definition) is 3. The van der Waals surface area contributed by atoms with Crippen LogP contribution in [-0.4, -0.2) is 39.9 Å². The highest BCUT2D eigenvalue weighted by atomic mass is 35.5.